The van der Waals surface area contributed by atoms with Crippen LogP contribution in [0.1, 0.15) is 40.0 Å². The second-order valence-corrected chi connectivity index (χ2v) is 6.49. The van der Waals surface area contributed by atoms with Gasteiger partial charge in [0.1, 0.15) is 0 Å². The first-order valence-corrected chi connectivity index (χ1v) is 6.98. The quantitative estimate of drug-likeness (QED) is 0.770. The Morgan fingerprint density at radius 1 is 1.41 bits per heavy atom. The van der Waals surface area contributed by atoms with Crippen molar-refractivity contribution in [3.63, 3.8) is 0 Å². The number of nitrogens with zero attached hydrogens (tertiary/aromatic N) is 1. The van der Waals surface area contributed by atoms with Gasteiger partial charge in [-0.1, -0.05) is 20.8 Å². The molecule has 102 valence electrons. The van der Waals surface area contributed by atoms with E-state index < -0.39 is 0 Å². The predicted molar refractivity (Wildman–Crippen MR) is 73.2 cm³/mol. The highest BCUT2D eigenvalue weighted by atomic mass is 16.3. The van der Waals surface area contributed by atoms with Gasteiger partial charge in [-0.05, 0) is 50.7 Å². The van der Waals surface area contributed by atoms with Gasteiger partial charge in [-0.15, -0.1) is 0 Å². The molecule has 0 amide bonds. The molecule has 0 radical (unpaired) electrons. The van der Waals surface area contributed by atoms with E-state index in [1.807, 2.05) is 0 Å². The van der Waals surface area contributed by atoms with Crippen LogP contribution < -0.4 is 5.32 Å². The largest absolute Gasteiger partial charge is 0.396 e. The third kappa shape index (κ3) is 4.94. The molecule has 0 bridgehead atoms. The Kier molecular flexibility index (Phi) is 5.90. The minimum atomic E-state index is 0.320. The van der Waals surface area contributed by atoms with Crippen LogP contribution in [-0.2, 0) is 0 Å². The molecule has 0 aromatic carbocycles. The molecule has 0 aliphatic carbocycles. The molecule has 1 heterocycles. The van der Waals surface area contributed by atoms with Crippen LogP contribution in [-0.4, -0.2) is 49.3 Å². The van der Waals surface area contributed by atoms with Gasteiger partial charge in [0.25, 0.3) is 0 Å². The molecule has 17 heavy (non-hydrogen) atoms. The molecule has 0 aromatic rings. The summed E-state index contributed by atoms with van der Waals surface area (Å²) >= 11 is 0. The molecule has 1 rings (SSSR count). The van der Waals surface area contributed by atoms with Crippen molar-refractivity contribution in [1.82, 2.24) is 10.2 Å². The van der Waals surface area contributed by atoms with E-state index in [1.165, 1.54) is 25.8 Å². The van der Waals surface area contributed by atoms with Crippen molar-refractivity contribution in [3.8, 4) is 0 Å². The first-order valence-electron chi connectivity index (χ1n) is 6.98. The van der Waals surface area contributed by atoms with Gasteiger partial charge in [0.2, 0.25) is 0 Å². The van der Waals surface area contributed by atoms with E-state index in [-0.39, 0.29) is 0 Å². The summed E-state index contributed by atoms with van der Waals surface area (Å²) in [6.45, 7) is 10.7. The van der Waals surface area contributed by atoms with E-state index in [9.17, 15) is 5.11 Å². The number of nitrogens with one attached hydrogen (secondary N) is 1. The lowest BCUT2D eigenvalue weighted by molar-refractivity contribution is 0.111. The maximum Gasteiger partial charge on any atom is 0.0471 e. The van der Waals surface area contributed by atoms with E-state index in [0.29, 0.717) is 24.0 Å². The van der Waals surface area contributed by atoms with Gasteiger partial charge in [-0.25, -0.2) is 0 Å². The average Bonchev–Trinajstić information content (AvgIpc) is 2.28. The maximum absolute atomic E-state index is 9.22. The van der Waals surface area contributed by atoms with Gasteiger partial charge < -0.3 is 15.3 Å². The van der Waals surface area contributed by atoms with Gasteiger partial charge in [-0.3, -0.25) is 0 Å². The molecule has 2 atom stereocenters. The molecule has 1 aliphatic heterocycles. The van der Waals surface area contributed by atoms with Crippen LogP contribution in [0.5, 0.6) is 0 Å². The fraction of sp³-hybridized carbons (Fsp3) is 1.00. The van der Waals surface area contributed by atoms with E-state index in [1.54, 1.807) is 0 Å². The van der Waals surface area contributed by atoms with Crippen molar-refractivity contribution in [1.29, 1.82) is 0 Å². The monoisotopic (exact) mass is 242 g/mol. The Balaban J connectivity index is 2.34. The van der Waals surface area contributed by atoms with Gasteiger partial charge in [-0.2, -0.15) is 0 Å². The van der Waals surface area contributed by atoms with E-state index in [4.69, 9.17) is 0 Å². The molecule has 3 nitrogen and oxygen atoms in total. The second kappa shape index (κ2) is 6.72. The standard InChI is InChI=1S/C14H30N2O/c1-14(2,3)13(15-4)7-9-16-8-5-6-12(10-16)11-17/h12-13,15,17H,5-11H2,1-4H3. The van der Waals surface area contributed by atoms with Crippen LogP contribution in [0.25, 0.3) is 0 Å². The van der Waals surface area contributed by atoms with E-state index >= 15 is 0 Å². The topological polar surface area (TPSA) is 35.5 Å². The lowest BCUT2D eigenvalue weighted by Gasteiger charge is -2.35. The molecule has 2 unspecified atom stereocenters. The van der Waals surface area contributed by atoms with Crippen molar-refractivity contribution < 1.29 is 5.11 Å². The summed E-state index contributed by atoms with van der Waals surface area (Å²) in [4.78, 5) is 2.51. The smallest absolute Gasteiger partial charge is 0.0471 e. The van der Waals surface area contributed by atoms with Crippen LogP contribution in [0.2, 0.25) is 0 Å². The molecular weight excluding hydrogens is 212 g/mol. The summed E-state index contributed by atoms with van der Waals surface area (Å²) in [5.41, 5.74) is 0.320. The molecule has 0 spiro atoms. The van der Waals surface area contributed by atoms with E-state index in [2.05, 4.69) is 38.0 Å². The van der Waals surface area contributed by atoms with Gasteiger partial charge in [0.05, 0.1) is 0 Å². The fourth-order valence-corrected chi connectivity index (χ4v) is 2.83. The highest BCUT2D eigenvalue weighted by molar-refractivity contribution is 4.81. The van der Waals surface area contributed by atoms with Crippen molar-refractivity contribution in [2.24, 2.45) is 11.3 Å². The van der Waals surface area contributed by atoms with Crippen molar-refractivity contribution in [3.05, 3.63) is 0 Å². The molecule has 1 fully saturated rings. The average molecular weight is 242 g/mol. The Labute approximate surface area is 107 Å². The summed E-state index contributed by atoms with van der Waals surface area (Å²) in [5.74, 6) is 0.506. The number of aliphatic hydroxyl groups excluding tert-OH is 1. The van der Waals surface area contributed by atoms with E-state index in [0.717, 1.165) is 13.1 Å². The Morgan fingerprint density at radius 3 is 2.65 bits per heavy atom. The van der Waals surface area contributed by atoms with Gasteiger partial charge in [0.15, 0.2) is 0 Å². The molecule has 0 saturated carbocycles. The van der Waals surface area contributed by atoms with Crippen LogP contribution in [0, 0.1) is 11.3 Å². The summed E-state index contributed by atoms with van der Waals surface area (Å²) < 4.78 is 0. The zero-order valence-electron chi connectivity index (χ0n) is 12.0. The molecule has 1 aliphatic rings. The molecule has 1 saturated heterocycles. The maximum atomic E-state index is 9.22. The number of rotatable bonds is 5. The fourth-order valence-electron chi connectivity index (χ4n) is 2.83. The number of likely N-dealkylation sites (tertiary alicyclic amines) is 1. The zero-order chi connectivity index (χ0) is 12.9. The van der Waals surface area contributed by atoms with Crippen LogP contribution in [0.3, 0.4) is 0 Å². The number of aliphatic hydroxyl groups is 1. The SMILES string of the molecule is CNC(CCN1CCCC(CO)C1)C(C)(C)C. The Bertz CT molecular complexity index is 213. The molecular formula is C14H30N2O. The highest BCUT2D eigenvalue weighted by Gasteiger charge is 2.25. The van der Waals surface area contributed by atoms with Gasteiger partial charge >= 0.3 is 0 Å². The Hall–Kier alpha value is -0.120. The first kappa shape index (κ1) is 14.9. The van der Waals surface area contributed by atoms with Crippen LogP contribution >= 0.6 is 0 Å². The third-order valence-electron chi connectivity index (χ3n) is 3.99. The minimum absolute atomic E-state index is 0.320. The minimum Gasteiger partial charge on any atom is -0.396 e. The lowest BCUT2D eigenvalue weighted by Crippen LogP contribution is -2.43. The van der Waals surface area contributed by atoms with Crippen LogP contribution in [0.15, 0.2) is 0 Å². The molecule has 2 N–H and O–H groups in total. The van der Waals surface area contributed by atoms with Crippen LogP contribution in [0.4, 0.5) is 0 Å². The summed E-state index contributed by atoms with van der Waals surface area (Å²) in [7, 11) is 2.06. The normalized spacial score (nSPS) is 24.9. The van der Waals surface area contributed by atoms with Crippen molar-refractivity contribution >= 4 is 0 Å². The number of hydrogen-bond acceptors (Lipinski definition) is 3. The Morgan fingerprint density at radius 2 is 2.12 bits per heavy atom. The number of hydrogen-bond donors (Lipinski definition) is 2. The molecule has 3 heteroatoms. The summed E-state index contributed by atoms with van der Waals surface area (Å²) in [6.07, 6.45) is 3.63. The second-order valence-electron chi connectivity index (χ2n) is 6.49. The van der Waals surface area contributed by atoms with Crippen molar-refractivity contribution in [2.45, 2.75) is 46.1 Å². The summed E-state index contributed by atoms with van der Waals surface area (Å²) in [5, 5.41) is 12.7. The van der Waals surface area contributed by atoms with Gasteiger partial charge in [0, 0.05) is 19.2 Å². The summed E-state index contributed by atoms with van der Waals surface area (Å²) in [6, 6.07) is 0.567. The number of piperidine rings is 1. The van der Waals surface area contributed by atoms with Crippen molar-refractivity contribution in [2.75, 3.05) is 33.3 Å². The third-order valence-corrected chi connectivity index (χ3v) is 3.99. The molecule has 0 aromatic heterocycles. The predicted octanol–water partition coefficient (Wildman–Crippen LogP) is 1.71. The first-order chi connectivity index (χ1) is 7.97. The highest BCUT2D eigenvalue weighted by Crippen LogP contribution is 2.23. The lowest BCUT2D eigenvalue weighted by atomic mass is 9.84. The zero-order valence-corrected chi connectivity index (χ0v) is 12.0.